The lowest BCUT2D eigenvalue weighted by atomic mass is 10.2. The summed E-state index contributed by atoms with van der Waals surface area (Å²) in [4.78, 5) is 14.6. The van der Waals surface area contributed by atoms with E-state index in [1.54, 1.807) is 35.2 Å². The summed E-state index contributed by atoms with van der Waals surface area (Å²) in [5.41, 5.74) is 0.995. The van der Waals surface area contributed by atoms with E-state index in [1.165, 1.54) is 6.07 Å². The Morgan fingerprint density at radius 1 is 0.958 bits per heavy atom. The van der Waals surface area contributed by atoms with Crippen LogP contribution in [0.25, 0.3) is 0 Å². The molecule has 0 radical (unpaired) electrons. The number of hydrogen-bond acceptors (Lipinski definition) is 4. The molecule has 24 heavy (non-hydrogen) atoms. The molecule has 1 aliphatic heterocycles. The van der Waals surface area contributed by atoms with E-state index in [-0.39, 0.29) is 22.1 Å². The van der Waals surface area contributed by atoms with Crippen molar-refractivity contribution in [1.29, 1.82) is 0 Å². The standard InChI is InChI=1S/C18H19NO3S2/c20-18(19-10-12-23-13-11-19)16-8-4-5-9-17(16)24(21,22)14-15-6-2-1-3-7-15/h1-9H,10-14H2. The van der Waals surface area contributed by atoms with Gasteiger partial charge in [0.2, 0.25) is 0 Å². The lowest BCUT2D eigenvalue weighted by Gasteiger charge is -2.27. The van der Waals surface area contributed by atoms with Gasteiger partial charge in [0.25, 0.3) is 5.91 Å². The third-order valence-electron chi connectivity index (χ3n) is 3.95. The van der Waals surface area contributed by atoms with Gasteiger partial charge in [-0.1, -0.05) is 42.5 Å². The van der Waals surface area contributed by atoms with Crippen LogP contribution in [0.2, 0.25) is 0 Å². The molecular weight excluding hydrogens is 342 g/mol. The fourth-order valence-electron chi connectivity index (χ4n) is 2.72. The van der Waals surface area contributed by atoms with Gasteiger partial charge >= 0.3 is 0 Å². The zero-order valence-corrected chi connectivity index (χ0v) is 14.9. The molecule has 1 amide bonds. The fourth-order valence-corrected chi connectivity index (χ4v) is 5.19. The molecule has 0 aliphatic carbocycles. The van der Waals surface area contributed by atoms with E-state index in [0.717, 1.165) is 11.5 Å². The molecule has 0 bridgehead atoms. The molecule has 1 heterocycles. The van der Waals surface area contributed by atoms with Gasteiger partial charge < -0.3 is 4.90 Å². The molecule has 0 aromatic heterocycles. The van der Waals surface area contributed by atoms with Crippen LogP contribution < -0.4 is 0 Å². The zero-order chi connectivity index (χ0) is 17.0. The van der Waals surface area contributed by atoms with E-state index in [9.17, 15) is 13.2 Å². The van der Waals surface area contributed by atoms with Crippen molar-refractivity contribution < 1.29 is 13.2 Å². The predicted molar refractivity (Wildman–Crippen MR) is 97.0 cm³/mol. The maximum atomic E-state index is 12.8. The quantitative estimate of drug-likeness (QED) is 0.840. The van der Waals surface area contributed by atoms with Crippen molar-refractivity contribution in [2.45, 2.75) is 10.6 Å². The highest BCUT2D eigenvalue weighted by Crippen LogP contribution is 2.23. The second-order valence-corrected chi connectivity index (χ2v) is 8.83. The number of carbonyl (C=O) groups is 1. The Kier molecular flexibility index (Phi) is 5.26. The Labute approximate surface area is 146 Å². The molecule has 0 N–H and O–H groups in total. The number of hydrogen-bond donors (Lipinski definition) is 0. The summed E-state index contributed by atoms with van der Waals surface area (Å²) in [5, 5.41) is 0. The van der Waals surface area contributed by atoms with Gasteiger partial charge in [0.05, 0.1) is 16.2 Å². The number of benzene rings is 2. The molecule has 1 fully saturated rings. The average molecular weight is 361 g/mol. The van der Waals surface area contributed by atoms with Crippen LogP contribution in [0.1, 0.15) is 15.9 Å². The fraction of sp³-hybridized carbons (Fsp3) is 0.278. The van der Waals surface area contributed by atoms with Crippen LogP contribution in [0.4, 0.5) is 0 Å². The molecule has 2 aromatic rings. The first kappa shape index (κ1) is 17.0. The van der Waals surface area contributed by atoms with Crippen molar-refractivity contribution in [3.05, 3.63) is 65.7 Å². The first-order chi connectivity index (χ1) is 11.6. The summed E-state index contributed by atoms with van der Waals surface area (Å²) >= 11 is 1.81. The summed E-state index contributed by atoms with van der Waals surface area (Å²) < 4.78 is 25.7. The Morgan fingerprint density at radius 3 is 2.29 bits per heavy atom. The van der Waals surface area contributed by atoms with Crippen LogP contribution in [0, 0.1) is 0 Å². The normalized spacial score (nSPS) is 15.2. The Hall–Kier alpha value is -1.79. The summed E-state index contributed by atoms with van der Waals surface area (Å²) in [6.07, 6.45) is 0. The first-order valence-corrected chi connectivity index (χ1v) is 10.6. The van der Waals surface area contributed by atoms with E-state index in [2.05, 4.69) is 0 Å². The van der Waals surface area contributed by atoms with Crippen LogP contribution in [0.15, 0.2) is 59.5 Å². The van der Waals surface area contributed by atoms with Gasteiger partial charge in [0.1, 0.15) is 0 Å². The number of amides is 1. The second kappa shape index (κ2) is 7.40. The highest BCUT2D eigenvalue weighted by atomic mass is 32.2. The summed E-state index contributed by atoms with van der Waals surface area (Å²) in [5.74, 6) is 1.49. The largest absolute Gasteiger partial charge is 0.337 e. The maximum absolute atomic E-state index is 12.8. The Morgan fingerprint density at radius 2 is 1.58 bits per heavy atom. The van der Waals surface area contributed by atoms with Crippen molar-refractivity contribution in [1.82, 2.24) is 4.90 Å². The third kappa shape index (κ3) is 3.82. The summed E-state index contributed by atoms with van der Waals surface area (Å²) in [7, 11) is -3.58. The maximum Gasteiger partial charge on any atom is 0.255 e. The molecule has 1 saturated heterocycles. The lowest BCUT2D eigenvalue weighted by Crippen LogP contribution is -2.38. The van der Waals surface area contributed by atoms with Crippen LogP contribution in [0.3, 0.4) is 0 Å². The summed E-state index contributed by atoms with van der Waals surface area (Å²) in [6.45, 7) is 1.33. The van der Waals surface area contributed by atoms with Crippen molar-refractivity contribution in [3.63, 3.8) is 0 Å². The van der Waals surface area contributed by atoms with Crippen molar-refractivity contribution >= 4 is 27.5 Å². The van der Waals surface area contributed by atoms with Crippen molar-refractivity contribution in [2.24, 2.45) is 0 Å². The zero-order valence-electron chi connectivity index (χ0n) is 13.2. The summed E-state index contributed by atoms with van der Waals surface area (Å²) in [6, 6.07) is 15.6. The predicted octanol–water partition coefficient (Wildman–Crippen LogP) is 2.85. The van der Waals surface area contributed by atoms with Gasteiger partial charge in [-0.2, -0.15) is 11.8 Å². The molecule has 0 saturated carbocycles. The Bertz CT molecular complexity index is 813. The van der Waals surface area contributed by atoms with Gasteiger partial charge in [0, 0.05) is 24.6 Å². The van der Waals surface area contributed by atoms with E-state index < -0.39 is 9.84 Å². The number of thioether (sulfide) groups is 1. The monoisotopic (exact) mass is 361 g/mol. The second-order valence-electron chi connectivity index (χ2n) is 5.65. The van der Waals surface area contributed by atoms with Gasteiger partial charge in [-0.3, -0.25) is 4.79 Å². The minimum atomic E-state index is -3.58. The van der Waals surface area contributed by atoms with Crippen LogP contribution >= 0.6 is 11.8 Å². The minimum Gasteiger partial charge on any atom is -0.337 e. The van der Waals surface area contributed by atoms with E-state index in [1.807, 2.05) is 30.0 Å². The topological polar surface area (TPSA) is 54.5 Å². The molecule has 6 heteroatoms. The molecular formula is C18H19NO3S2. The van der Waals surface area contributed by atoms with Gasteiger partial charge in [-0.05, 0) is 17.7 Å². The third-order valence-corrected chi connectivity index (χ3v) is 6.63. The Balaban J connectivity index is 1.92. The lowest BCUT2D eigenvalue weighted by molar-refractivity contribution is 0.0768. The molecule has 126 valence electrons. The molecule has 4 nitrogen and oxygen atoms in total. The van der Waals surface area contributed by atoms with E-state index >= 15 is 0 Å². The van der Waals surface area contributed by atoms with Gasteiger partial charge in [-0.15, -0.1) is 0 Å². The molecule has 0 atom stereocenters. The highest BCUT2D eigenvalue weighted by Gasteiger charge is 2.26. The number of sulfone groups is 1. The highest BCUT2D eigenvalue weighted by molar-refractivity contribution is 7.99. The minimum absolute atomic E-state index is 0.103. The number of carbonyl (C=O) groups excluding carboxylic acids is 1. The van der Waals surface area contributed by atoms with Gasteiger partial charge in [-0.25, -0.2) is 8.42 Å². The molecule has 2 aromatic carbocycles. The van der Waals surface area contributed by atoms with Crippen molar-refractivity contribution in [3.8, 4) is 0 Å². The molecule has 0 spiro atoms. The van der Waals surface area contributed by atoms with Crippen LogP contribution in [-0.2, 0) is 15.6 Å². The molecule has 1 aliphatic rings. The van der Waals surface area contributed by atoms with E-state index in [0.29, 0.717) is 18.7 Å². The molecule has 3 rings (SSSR count). The van der Waals surface area contributed by atoms with Crippen LogP contribution in [0.5, 0.6) is 0 Å². The molecule has 0 unspecified atom stereocenters. The first-order valence-electron chi connectivity index (χ1n) is 7.81. The average Bonchev–Trinajstić information content (AvgIpc) is 2.62. The van der Waals surface area contributed by atoms with E-state index in [4.69, 9.17) is 0 Å². The number of rotatable bonds is 4. The van der Waals surface area contributed by atoms with Crippen molar-refractivity contribution in [2.75, 3.05) is 24.6 Å². The SMILES string of the molecule is O=C(c1ccccc1S(=O)(=O)Cc1ccccc1)N1CCSCC1. The van der Waals surface area contributed by atoms with Crippen LogP contribution in [-0.4, -0.2) is 43.8 Å². The van der Waals surface area contributed by atoms with Gasteiger partial charge in [0.15, 0.2) is 9.84 Å². The smallest absolute Gasteiger partial charge is 0.255 e. The number of nitrogens with zero attached hydrogens (tertiary/aromatic N) is 1.